The SMILES string of the molecule is CS(=O)(=O)O.O=C(Cc1n[nH]c(=O)c2c1CCCC2)NC1CCCCN1. The van der Waals surface area contributed by atoms with Gasteiger partial charge in [-0.15, -0.1) is 0 Å². The van der Waals surface area contributed by atoms with Crippen LogP contribution in [0.25, 0.3) is 0 Å². The van der Waals surface area contributed by atoms with Gasteiger partial charge in [-0.2, -0.15) is 13.5 Å². The summed E-state index contributed by atoms with van der Waals surface area (Å²) in [5.41, 5.74) is 2.46. The van der Waals surface area contributed by atoms with E-state index in [-0.39, 0.29) is 24.1 Å². The maximum Gasteiger partial charge on any atom is 0.267 e. The number of carbonyl (C=O) groups is 1. The highest BCUT2D eigenvalue weighted by Crippen LogP contribution is 2.20. The molecule has 3 rings (SSSR count). The van der Waals surface area contributed by atoms with Gasteiger partial charge in [0.15, 0.2) is 0 Å². The predicted octanol–water partition coefficient (Wildman–Crippen LogP) is -0.0890. The largest absolute Gasteiger partial charge is 0.340 e. The summed E-state index contributed by atoms with van der Waals surface area (Å²) in [6, 6.07) is 0. The highest BCUT2D eigenvalue weighted by atomic mass is 32.2. The van der Waals surface area contributed by atoms with Crippen LogP contribution in [0.1, 0.15) is 48.9 Å². The molecule has 0 saturated carbocycles. The van der Waals surface area contributed by atoms with E-state index >= 15 is 0 Å². The molecule has 1 aliphatic heterocycles. The van der Waals surface area contributed by atoms with Gasteiger partial charge in [0.25, 0.3) is 15.7 Å². The van der Waals surface area contributed by atoms with Crippen molar-refractivity contribution in [1.82, 2.24) is 20.8 Å². The first-order chi connectivity index (χ1) is 12.2. The Morgan fingerprint density at radius 3 is 2.50 bits per heavy atom. The molecule has 0 spiro atoms. The summed E-state index contributed by atoms with van der Waals surface area (Å²) in [6.07, 6.45) is 8.08. The molecule has 2 aliphatic rings. The smallest absolute Gasteiger partial charge is 0.267 e. The summed E-state index contributed by atoms with van der Waals surface area (Å²) in [5, 5.41) is 12.9. The number of fused-ring (bicyclic) bond motifs is 1. The number of carbonyl (C=O) groups excluding carboxylic acids is 1. The molecule has 1 aliphatic carbocycles. The van der Waals surface area contributed by atoms with Gasteiger partial charge in [0.1, 0.15) is 0 Å². The number of rotatable bonds is 3. The maximum absolute atomic E-state index is 12.2. The molecule has 146 valence electrons. The Labute approximate surface area is 152 Å². The predicted molar refractivity (Wildman–Crippen MR) is 96.5 cm³/mol. The van der Waals surface area contributed by atoms with Gasteiger partial charge in [-0.05, 0) is 57.1 Å². The molecule has 0 aromatic carbocycles. The zero-order valence-corrected chi connectivity index (χ0v) is 15.7. The molecule has 1 aromatic rings. The summed E-state index contributed by atoms with van der Waals surface area (Å²) in [5.74, 6) is -0.0262. The Hall–Kier alpha value is -1.78. The Balaban J connectivity index is 0.000000431. The summed E-state index contributed by atoms with van der Waals surface area (Å²) < 4.78 is 25.9. The van der Waals surface area contributed by atoms with Crippen LogP contribution in [0.2, 0.25) is 0 Å². The van der Waals surface area contributed by atoms with E-state index in [9.17, 15) is 18.0 Å². The van der Waals surface area contributed by atoms with Crippen LogP contribution in [0.5, 0.6) is 0 Å². The lowest BCUT2D eigenvalue weighted by Crippen LogP contribution is -2.48. The molecule has 0 bridgehead atoms. The third kappa shape index (κ3) is 6.85. The molecule has 1 saturated heterocycles. The first-order valence-corrected chi connectivity index (χ1v) is 10.6. The Morgan fingerprint density at radius 2 is 1.88 bits per heavy atom. The number of hydrogen-bond acceptors (Lipinski definition) is 6. The van der Waals surface area contributed by atoms with Crippen LogP contribution in [0.3, 0.4) is 0 Å². The van der Waals surface area contributed by atoms with E-state index in [1.807, 2.05) is 0 Å². The van der Waals surface area contributed by atoms with Crippen molar-refractivity contribution in [2.24, 2.45) is 0 Å². The monoisotopic (exact) mass is 386 g/mol. The number of H-pyrrole nitrogens is 1. The van der Waals surface area contributed by atoms with Gasteiger partial charge in [0.2, 0.25) is 5.91 Å². The second-order valence-electron chi connectivity index (χ2n) is 6.64. The van der Waals surface area contributed by atoms with Crippen molar-refractivity contribution in [2.45, 2.75) is 57.5 Å². The zero-order chi connectivity index (χ0) is 19.2. The number of piperidine rings is 1. The first kappa shape index (κ1) is 20.5. The normalized spacial score (nSPS) is 19.7. The maximum atomic E-state index is 12.2. The minimum atomic E-state index is -3.67. The lowest BCUT2D eigenvalue weighted by molar-refractivity contribution is -0.121. The second-order valence-corrected chi connectivity index (χ2v) is 8.11. The summed E-state index contributed by atoms with van der Waals surface area (Å²) in [4.78, 5) is 24.0. The van der Waals surface area contributed by atoms with Gasteiger partial charge in [-0.1, -0.05) is 0 Å². The Morgan fingerprint density at radius 1 is 1.23 bits per heavy atom. The molecule has 9 nitrogen and oxygen atoms in total. The van der Waals surface area contributed by atoms with Crippen LogP contribution >= 0.6 is 0 Å². The molecule has 10 heteroatoms. The van der Waals surface area contributed by atoms with Crippen molar-refractivity contribution in [1.29, 1.82) is 0 Å². The van der Waals surface area contributed by atoms with E-state index in [2.05, 4.69) is 20.8 Å². The number of aromatic amines is 1. The molecule has 1 atom stereocenters. The van der Waals surface area contributed by atoms with Crippen molar-refractivity contribution in [3.05, 3.63) is 27.2 Å². The summed E-state index contributed by atoms with van der Waals surface area (Å²) >= 11 is 0. The van der Waals surface area contributed by atoms with Gasteiger partial charge in [-0.25, -0.2) is 5.10 Å². The van der Waals surface area contributed by atoms with Crippen molar-refractivity contribution >= 4 is 16.0 Å². The third-order valence-corrected chi connectivity index (χ3v) is 4.36. The average Bonchev–Trinajstić information content (AvgIpc) is 2.57. The zero-order valence-electron chi connectivity index (χ0n) is 14.9. The van der Waals surface area contributed by atoms with Crippen LogP contribution < -0.4 is 16.2 Å². The minimum absolute atomic E-state index is 0.0262. The van der Waals surface area contributed by atoms with Crippen molar-refractivity contribution in [3.8, 4) is 0 Å². The highest BCUT2D eigenvalue weighted by molar-refractivity contribution is 7.85. The van der Waals surface area contributed by atoms with Crippen LogP contribution in [-0.4, -0.2) is 48.0 Å². The van der Waals surface area contributed by atoms with Crippen LogP contribution in [0.4, 0.5) is 0 Å². The van der Waals surface area contributed by atoms with Gasteiger partial charge in [0, 0.05) is 5.56 Å². The molecule has 4 N–H and O–H groups in total. The van der Waals surface area contributed by atoms with Gasteiger partial charge >= 0.3 is 0 Å². The molecular weight excluding hydrogens is 360 g/mol. The second kappa shape index (κ2) is 9.24. The fourth-order valence-electron chi connectivity index (χ4n) is 3.25. The molecule has 1 aromatic heterocycles. The van der Waals surface area contributed by atoms with Gasteiger partial charge < -0.3 is 5.32 Å². The molecule has 1 unspecified atom stereocenters. The molecule has 26 heavy (non-hydrogen) atoms. The first-order valence-electron chi connectivity index (χ1n) is 8.78. The molecule has 1 fully saturated rings. The lowest BCUT2D eigenvalue weighted by Gasteiger charge is -2.24. The molecule has 2 heterocycles. The molecular formula is C16H26N4O5S. The highest BCUT2D eigenvalue weighted by Gasteiger charge is 2.21. The van der Waals surface area contributed by atoms with Crippen molar-refractivity contribution < 1.29 is 17.8 Å². The number of amides is 1. The molecule has 1 amide bonds. The summed E-state index contributed by atoms with van der Waals surface area (Å²) in [7, 11) is -3.67. The average molecular weight is 386 g/mol. The van der Waals surface area contributed by atoms with Crippen molar-refractivity contribution in [2.75, 3.05) is 12.8 Å². The van der Waals surface area contributed by atoms with Crippen LogP contribution in [0.15, 0.2) is 4.79 Å². The van der Waals surface area contributed by atoms with Gasteiger partial charge in [-0.3, -0.25) is 19.5 Å². The van der Waals surface area contributed by atoms with Crippen molar-refractivity contribution in [3.63, 3.8) is 0 Å². The standard InChI is InChI=1S/C15H22N4O2.CH4O3S/c20-14(17-13-7-3-4-8-16-13)9-12-10-5-1-2-6-11(10)15(21)19-18-12;1-5(2,3)4/h13,16H,1-9H2,(H,17,20)(H,19,21);1H3,(H,2,3,4). The van der Waals surface area contributed by atoms with E-state index in [1.165, 1.54) is 6.42 Å². The minimum Gasteiger partial charge on any atom is -0.340 e. The Bertz CT molecular complexity index is 776. The number of hydrogen-bond donors (Lipinski definition) is 4. The van der Waals surface area contributed by atoms with E-state index < -0.39 is 10.1 Å². The van der Waals surface area contributed by atoms with E-state index in [0.717, 1.165) is 61.9 Å². The van der Waals surface area contributed by atoms with Gasteiger partial charge in [0.05, 0.1) is 24.5 Å². The number of aromatic nitrogens is 2. The third-order valence-electron chi connectivity index (χ3n) is 4.36. The quantitative estimate of drug-likeness (QED) is 0.532. The summed E-state index contributed by atoms with van der Waals surface area (Å²) in [6.45, 7) is 0.956. The number of nitrogens with zero attached hydrogens (tertiary/aromatic N) is 1. The fourth-order valence-corrected chi connectivity index (χ4v) is 3.25. The Kier molecular flexibility index (Phi) is 7.30. The van der Waals surface area contributed by atoms with E-state index in [0.29, 0.717) is 6.26 Å². The van der Waals surface area contributed by atoms with Crippen LogP contribution in [0, 0.1) is 0 Å². The molecule has 0 radical (unpaired) electrons. The lowest BCUT2D eigenvalue weighted by atomic mass is 9.91. The number of nitrogens with one attached hydrogen (secondary N) is 3. The van der Waals surface area contributed by atoms with E-state index in [1.54, 1.807) is 0 Å². The van der Waals surface area contributed by atoms with Crippen LogP contribution in [-0.2, 0) is 34.2 Å². The fraction of sp³-hybridized carbons (Fsp3) is 0.688. The van der Waals surface area contributed by atoms with E-state index in [4.69, 9.17) is 4.55 Å². The topological polar surface area (TPSA) is 141 Å².